The highest BCUT2D eigenvalue weighted by Crippen LogP contribution is 2.23. The van der Waals surface area contributed by atoms with Crippen LogP contribution in [-0.2, 0) is 101 Å². The number of nitrogens with zero attached hydrogens (tertiary/aromatic N) is 2. The van der Waals surface area contributed by atoms with E-state index < -0.39 is 235 Å². The van der Waals surface area contributed by atoms with Gasteiger partial charge in [-0.3, -0.25) is 86.5 Å². The normalized spacial score (nSPS) is 16.1. The van der Waals surface area contributed by atoms with E-state index in [-0.39, 0.29) is 94.9 Å². The van der Waals surface area contributed by atoms with Crippen molar-refractivity contribution in [3.05, 3.63) is 102 Å². The minimum Gasteiger partial charge on any atom is -0.508 e. The predicted octanol–water partition coefficient (Wildman–Crippen LogP) is -3.31. The average Bonchev–Trinajstić information content (AvgIpc) is 1.71. The first-order chi connectivity index (χ1) is 57.9. The van der Waals surface area contributed by atoms with Crippen molar-refractivity contribution in [2.75, 3.05) is 13.1 Å². The van der Waals surface area contributed by atoms with Crippen LogP contribution in [0.25, 0.3) is 0 Å². The molecule has 40 heteroatoms. The van der Waals surface area contributed by atoms with Gasteiger partial charge in [0.05, 0.1) is 12.1 Å². The first-order valence-electron chi connectivity index (χ1n) is 41.3. The lowest BCUT2D eigenvalue weighted by molar-refractivity contribution is -0.143. The number of rotatable bonds is 53. The van der Waals surface area contributed by atoms with Crippen LogP contribution in [0.1, 0.15) is 169 Å². The second-order valence-corrected chi connectivity index (χ2v) is 32.1. The molecule has 40 nitrogen and oxygen atoms in total. The molecule has 16 amide bonds. The molecule has 0 aliphatic carbocycles. The standard InChI is InChI=1S/C83H126N20O20/c1-11-46(8)67(101-79(120)62-25-19-37-103(62)82(123)66(45(6)7)100-71(112)53(84)40-49-20-14-12-15-21-49)80(121)98-61(41-50-22-16-13-17-23-50)78(119)102-68(48(10)104)81(122)99-60(42-51-26-28-52(105)29-27-51)75(116)91-47(9)70(111)93-57(32-35-65(108)109)74(115)97-59(39-44(4)5)77(118)95-56(31-34-64(86)107)73(114)94-55(24-18-36-90-83(88)89)72(113)96-58(38-43(2)3)76(117)92-54(69(87)110)30-33-63(85)106/h12-17,20-23,26-29,43-48,53-62,66-68,104-105H,11,18-19,24-25,30-42,84H2,1-10H3,(H2,85,106)(H2,86,107)(H2,87,110)(H,91,116)(H,92,117)(H,93,111)(H,94,114)(H,95,118)(H,96,113)(H,97,115)(H,98,121)(H,99,122)(H,100,112)(H,101,120)(H,102,119)(H,108,109)(H4,88,89,90)/t46-,47-,48+,53-,54-,55-,56-,57-,58-,59-,60-,61-,62-,66-,67-,68-/m0/s1. The van der Waals surface area contributed by atoms with Crippen LogP contribution in [0.2, 0.25) is 0 Å². The molecule has 0 saturated carbocycles. The molecule has 1 saturated heterocycles. The third-order valence-corrected chi connectivity index (χ3v) is 20.4. The van der Waals surface area contributed by atoms with Gasteiger partial charge in [0.1, 0.15) is 84.3 Å². The molecule has 1 aliphatic rings. The highest BCUT2D eigenvalue weighted by Gasteiger charge is 2.43. The first kappa shape index (κ1) is 103. The van der Waals surface area contributed by atoms with Gasteiger partial charge in [-0.2, -0.15) is 0 Å². The maximum atomic E-state index is 14.8. The molecule has 3 aromatic carbocycles. The second kappa shape index (κ2) is 51.4. The Bertz CT molecular complexity index is 4130. The van der Waals surface area contributed by atoms with E-state index in [4.69, 9.17) is 34.4 Å². The van der Waals surface area contributed by atoms with Crippen molar-refractivity contribution >= 4 is 106 Å². The summed E-state index contributed by atoms with van der Waals surface area (Å²) in [6, 6.07) is 2.20. The highest BCUT2D eigenvalue weighted by molar-refractivity contribution is 6.01. The number of carbonyl (C=O) groups is 17. The molecule has 3 aromatic rings. The van der Waals surface area contributed by atoms with Crippen LogP contribution in [0.5, 0.6) is 5.75 Å². The molecular formula is C83H126N20O20. The fraction of sp³-hybridized carbons (Fsp3) is 0.566. The van der Waals surface area contributed by atoms with E-state index in [1.807, 2.05) is 30.3 Å². The fourth-order valence-corrected chi connectivity index (χ4v) is 13.4. The molecule has 27 N–H and O–H groups in total. The Kier molecular flexibility index (Phi) is 43.1. The van der Waals surface area contributed by atoms with E-state index in [9.17, 15) is 96.8 Å². The van der Waals surface area contributed by atoms with Crippen molar-refractivity contribution < 1.29 is 96.8 Å². The van der Waals surface area contributed by atoms with Gasteiger partial charge in [0, 0.05) is 45.2 Å². The quantitative estimate of drug-likeness (QED) is 0.0149. The number of hydrogen-bond donors (Lipinski definition) is 21. The van der Waals surface area contributed by atoms with Crippen LogP contribution in [0.4, 0.5) is 0 Å². The monoisotopic (exact) mass is 1720 g/mol. The third-order valence-electron chi connectivity index (χ3n) is 20.4. The number of primary amides is 3. The van der Waals surface area contributed by atoms with Crippen LogP contribution in [-0.4, -0.2) is 230 Å². The first-order valence-corrected chi connectivity index (χ1v) is 41.3. The van der Waals surface area contributed by atoms with E-state index in [0.717, 1.165) is 12.5 Å². The van der Waals surface area contributed by atoms with Crippen molar-refractivity contribution in [1.29, 1.82) is 0 Å². The molecule has 1 heterocycles. The van der Waals surface area contributed by atoms with Gasteiger partial charge in [-0.15, -0.1) is 0 Å². The van der Waals surface area contributed by atoms with Crippen molar-refractivity contribution in [2.45, 2.75) is 263 Å². The molecule has 0 radical (unpaired) electrons. The largest absolute Gasteiger partial charge is 0.508 e. The number of aliphatic hydroxyl groups is 1. The number of hydrogen-bond acceptors (Lipinski definition) is 21. The zero-order chi connectivity index (χ0) is 92.1. The van der Waals surface area contributed by atoms with E-state index in [0.29, 0.717) is 24.0 Å². The summed E-state index contributed by atoms with van der Waals surface area (Å²) in [5.41, 5.74) is 35.3. The van der Waals surface area contributed by atoms with E-state index in [2.05, 4.69) is 68.8 Å². The SMILES string of the molecule is CC[C@H](C)[C@H](NC(=O)[C@@H]1CCCN1C(=O)[C@@H](NC(=O)[C@@H](N)Cc1ccccc1)C(C)C)C(=O)N[C@@H](Cc1ccccc1)C(=O)N[C@H](C(=O)N[C@@H](Cc1ccc(O)cc1)C(=O)N[C@@H](C)C(=O)N[C@@H](CCC(=O)O)C(=O)N[C@@H](CC(C)C)C(=O)N[C@@H](CCC(N)=O)C(=O)N[C@@H](CCCN=C(N)N)C(=O)N[C@@H](CC(C)C)C(=O)N[C@@H](CCC(N)=O)C(N)=O)[C@@H](C)O. The van der Waals surface area contributed by atoms with Crippen molar-refractivity contribution in [3.8, 4) is 5.75 Å². The van der Waals surface area contributed by atoms with Gasteiger partial charge >= 0.3 is 5.97 Å². The Morgan fingerprint density at radius 2 is 0.854 bits per heavy atom. The van der Waals surface area contributed by atoms with Crippen LogP contribution in [0.15, 0.2) is 89.9 Å². The van der Waals surface area contributed by atoms with Gasteiger partial charge in [0.2, 0.25) is 94.5 Å². The second-order valence-electron chi connectivity index (χ2n) is 32.1. The fourth-order valence-electron chi connectivity index (χ4n) is 13.4. The van der Waals surface area contributed by atoms with Crippen LogP contribution < -0.4 is 98.2 Å². The van der Waals surface area contributed by atoms with Gasteiger partial charge in [0.25, 0.3) is 0 Å². The zero-order valence-corrected chi connectivity index (χ0v) is 71.4. The molecule has 0 unspecified atom stereocenters. The number of carboxylic acid groups (broad SMARTS) is 1. The molecule has 4 rings (SSSR count). The Morgan fingerprint density at radius 3 is 1.31 bits per heavy atom. The number of guanidine groups is 1. The summed E-state index contributed by atoms with van der Waals surface area (Å²) in [6.45, 7) is 16.1. The van der Waals surface area contributed by atoms with Crippen LogP contribution >= 0.6 is 0 Å². The summed E-state index contributed by atoms with van der Waals surface area (Å²) in [5.74, 6) is -18.5. The number of carboxylic acids is 1. The van der Waals surface area contributed by atoms with E-state index >= 15 is 0 Å². The number of aliphatic hydroxyl groups excluding tert-OH is 1. The number of likely N-dealkylation sites (tertiary alicyclic amines) is 1. The summed E-state index contributed by atoms with van der Waals surface area (Å²) in [7, 11) is 0. The van der Waals surface area contributed by atoms with Crippen molar-refractivity contribution in [2.24, 2.45) is 63.1 Å². The lowest BCUT2D eigenvalue weighted by atomic mass is 9.96. The highest BCUT2D eigenvalue weighted by atomic mass is 16.4. The van der Waals surface area contributed by atoms with Crippen molar-refractivity contribution in [1.82, 2.24) is 68.7 Å². The average molecular weight is 1720 g/mol. The van der Waals surface area contributed by atoms with Crippen molar-refractivity contribution in [3.63, 3.8) is 0 Å². The summed E-state index contributed by atoms with van der Waals surface area (Å²) >= 11 is 0. The zero-order valence-electron chi connectivity index (χ0n) is 71.4. The van der Waals surface area contributed by atoms with Crippen LogP contribution in [0, 0.1) is 23.7 Å². The Labute approximate surface area is 715 Å². The summed E-state index contributed by atoms with van der Waals surface area (Å²) < 4.78 is 0. The van der Waals surface area contributed by atoms with Gasteiger partial charge in [-0.05, 0) is 131 Å². The molecule has 0 spiro atoms. The van der Waals surface area contributed by atoms with Crippen LogP contribution in [0.3, 0.4) is 0 Å². The minimum absolute atomic E-state index is 0.0265. The number of phenolic OH excluding ortho intramolecular Hbond substituents is 1. The van der Waals surface area contributed by atoms with E-state index in [1.54, 1.807) is 85.7 Å². The number of aliphatic carboxylic acids is 1. The summed E-state index contributed by atoms with van der Waals surface area (Å²) in [6.07, 6.45) is -4.62. The lowest BCUT2D eigenvalue weighted by Crippen LogP contribution is -2.63. The van der Waals surface area contributed by atoms with Gasteiger partial charge < -0.3 is 118 Å². The number of nitrogens with one attached hydrogen (secondary N) is 12. The number of aliphatic imine (C=N–C) groups is 1. The number of phenols is 1. The Balaban J connectivity index is 1.60. The van der Waals surface area contributed by atoms with Gasteiger partial charge in [-0.1, -0.05) is 135 Å². The number of nitrogens with two attached hydrogens (primary N) is 6. The molecular weight excluding hydrogens is 1600 g/mol. The molecule has 16 atom stereocenters. The lowest BCUT2D eigenvalue weighted by Gasteiger charge is -2.33. The molecule has 678 valence electrons. The smallest absolute Gasteiger partial charge is 0.303 e. The summed E-state index contributed by atoms with van der Waals surface area (Å²) in [5, 5.41) is 62.1. The number of carbonyl (C=O) groups excluding carboxylic acids is 16. The maximum Gasteiger partial charge on any atom is 0.303 e. The van der Waals surface area contributed by atoms with Gasteiger partial charge in [0.15, 0.2) is 5.96 Å². The molecule has 1 aliphatic heterocycles. The third kappa shape index (κ3) is 36.1. The number of amides is 16. The van der Waals surface area contributed by atoms with Gasteiger partial charge in [-0.25, -0.2) is 0 Å². The molecule has 0 bridgehead atoms. The topological polar surface area (TPSA) is 667 Å². The molecule has 123 heavy (non-hydrogen) atoms. The molecule has 1 fully saturated rings. The molecule has 0 aromatic heterocycles. The minimum atomic E-state index is -1.90. The van der Waals surface area contributed by atoms with E-state index in [1.165, 1.54) is 36.1 Å². The predicted molar refractivity (Wildman–Crippen MR) is 451 cm³/mol. The maximum absolute atomic E-state index is 14.8. The summed E-state index contributed by atoms with van der Waals surface area (Å²) in [4.78, 5) is 240. The Morgan fingerprint density at radius 1 is 0.447 bits per heavy atom. The number of benzene rings is 3. The number of aromatic hydroxyl groups is 1. The Hall–Kier alpha value is -12.4.